The van der Waals surface area contributed by atoms with E-state index in [1.165, 1.54) is 13.2 Å². The molecule has 1 rings (SSSR count). The smallest absolute Gasteiger partial charge is 0.165 e. The first-order chi connectivity index (χ1) is 6.61. The van der Waals surface area contributed by atoms with Crippen LogP contribution >= 0.6 is 15.9 Å². The summed E-state index contributed by atoms with van der Waals surface area (Å²) < 4.78 is 19.0. The molecule has 14 heavy (non-hydrogen) atoms. The highest BCUT2D eigenvalue weighted by Crippen LogP contribution is 2.32. The zero-order chi connectivity index (χ0) is 10.7. The van der Waals surface area contributed by atoms with Gasteiger partial charge in [-0.2, -0.15) is 5.26 Å². The second-order valence-electron chi connectivity index (χ2n) is 2.84. The normalized spacial score (nSPS) is 9.64. The summed E-state index contributed by atoms with van der Waals surface area (Å²) in [6.45, 7) is 1.77. The Kier molecular flexibility index (Phi) is 3.48. The molecule has 1 aromatic rings. The number of methoxy groups -OCH3 is 1. The monoisotopic (exact) mass is 257 g/mol. The molecule has 0 spiro atoms. The van der Waals surface area contributed by atoms with Gasteiger partial charge in [0.05, 0.1) is 19.6 Å². The van der Waals surface area contributed by atoms with Gasteiger partial charge >= 0.3 is 0 Å². The van der Waals surface area contributed by atoms with Gasteiger partial charge in [-0.3, -0.25) is 0 Å². The fourth-order valence-electron chi connectivity index (χ4n) is 1.26. The van der Waals surface area contributed by atoms with E-state index < -0.39 is 5.82 Å². The topological polar surface area (TPSA) is 33.0 Å². The van der Waals surface area contributed by atoms with E-state index in [1.54, 1.807) is 6.92 Å². The zero-order valence-corrected chi connectivity index (χ0v) is 9.48. The summed E-state index contributed by atoms with van der Waals surface area (Å²) in [5.41, 5.74) is 1.32. The fourth-order valence-corrected chi connectivity index (χ4v) is 1.69. The lowest BCUT2D eigenvalue weighted by atomic mass is 10.1. The fraction of sp³-hybridized carbons (Fsp3) is 0.300. The number of aryl methyl sites for hydroxylation is 1. The molecule has 0 heterocycles. The van der Waals surface area contributed by atoms with E-state index in [9.17, 15) is 4.39 Å². The van der Waals surface area contributed by atoms with Crippen LogP contribution in [0.2, 0.25) is 0 Å². The first-order valence-corrected chi connectivity index (χ1v) is 4.79. The summed E-state index contributed by atoms with van der Waals surface area (Å²) in [6, 6.07) is 3.36. The number of hydrogen-bond donors (Lipinski definition) is 0. The molecule has 74 valence electrons. The highest BCUT2D eigenvalue weighted by molar-refractivity contribution is 9.10. The molecule has 0 aliphatic heterocycles. The number of benzene rings is 1. The van der Waals surface area contributed by atoms with Crippen LogP contribution in [0.4, 0.5) is 4.39 Å². The minimum absolute atomic E-state index is 0.127. The Morgan fingerprint density at radius 1 is 1.64 bits per heavy atom. The SMILES string of the molecule is COc1c(F)cc(C)c(Br)c1CC#N. The van der Waals surface area contributed by atoms with Crippen LogP contribution in [-0.4, -0.2) is 7.11 Å². The van der Waals surface area contributed by atoms with Crippen LogP contribution in [-0.2, 0) is 6.42 Å². The number of nitrogens with zero attached hydrogens (tertiary/aromatic N) is 1. The quantitative estimate of drug-likeness (QED) is 0.816. The first-order valence-electron chi connectivity index (χ1n) is 4.00. The number of halogens is 2. The molecular weight excluding hydrogens is 249 g/mol. The van der Waals surface area contributed by atoms with Gasteiger partial charge in [-0.05, 0) is 18.6 Å². The van der Waals surface area contributed by atoms with E-state index in [1.807, 2.05) is 6.07 Å². The van der Waals surface area contributed by atoms with Crippen LogP contribution in [0.3, 0.4) is 0 Å². The Morgan fingerprint density at radius 2 is 2.29 bits per heavy atom. The van der Waals surface area contributed by atoms with Crippen molar-refractivity contribution < 1.29 is 9.13 Å². The van der Waals surface area contributed by atoms with E-state index in [-0.39, 0.29) is 12.2 Å². The molecule has 4 heteroatoms. The zero-order valence-electron chi connectivity index (χ0n) is 7.90. The van der Waals surface area contributed by atoms with Crippen molar-refractivity contribution in [3.63, 3.8) is 0 Å². The minimum atomic E-state index is -0.432. The van der Waals surface area contributed by atoms with Crippen molar-refractivity contribution in [2.45, 2.75) is 13.3 Å². The largest absolute Gasteiger partial charge is 0.493 e. The van der Waals surface area contributed by atoms with E-state index in [4.69, 9.17) is 10.00 Å². The van der Waals surface area contributed by atoms with Crippen molar-refractivity contribution >= 4 is 15.9 Å². The van der Waals surface area contributed by atoms with Gasteiger partial charge in [0.25, 0.3) is 0 Å². The number of rotatable bonds is 2. The predicted molar refractivity (Wildman–Crippen MR) is 54.7 cm³/mol. The molecule has 0 aliphatic carbocycles. The summed E-state index contributed by atoms with van der Waals surface area (Å²) in [5.74, 6) is -0.289. The highest BCUT2D eigenvalue weighted by Gasteiger charge is 2.14. The molecule has 0 N–H and O–H groups in total. The van der Waals surface area contributed by atoms with Crippen molar-refractivity contribution in [1.29, 1.82) is 5.26 Å². The van der Waals surface area contributed by atoms with Gasteiger partial charge in [-0.15, -0.1) is 0 Å². The van der Waals surface area contributed by atoms with E-state index in [2.05, 4.69) is 15.9 Å². The Labute approximate surface area is 90.4 Å². The van der Waals surface area contributed by atoms with Gasteiger partial charge in [0.1, 0.15) is 0 Å². The third-order valence-electron chi connectivity index (χ3n) is 1.91. The maximum atomic E-state index is 13.4. The molecular formula is C10H9BrFNO. The Morgan fingerprint density at radius 3 is 2.79 bits per heavy atom. The Balaban J connectivity index is 3.41. The standard InChI is InChI=1S/C10H9BrFNO/c1-6-5-8(12)10(14-2)7(3-4-13)9(6)11/h5H,3H2,1-2H3. The molecule has 0 atom stereocenters. The molecule has 0 radical (unpaired) electrons. The van der Waals surface area contributed by atoms with Crippen LogP contribution in [0, 0.1) is 24.1 Å². The molecule has 2 nitrogen and oxygen atoms in total. The van der Waals surface area contributed by atoms with Crippen molar-refractivity contribution in [2.75, 3.05) is 7.11 Å². The van der Waals surface area contributed by atoms with Crippen LogP contribution in [0.25, 0.3) is 0 Å². The third kappa shape index (κ3) is 1.88. The minimum Gasteiger partial charge on any atom is -0.493 e. The summed E-state index contributed by atoms with van der Waals surface area (Å²) in [7, 11) is 1.39. The Bertz CT molecular complexity index is 398. The third-order valence-corrected chi connectivity index (χ3v) is 3.01. The van der Waals surface area contributed by atoms with E-state index in [0.29, 0.717) is 5.56 Å². The lowest BCUT2D eigenvalue weighted by molar-refractivity contribution is 0.382. The van der Waals surface area contributed by atoms with E-state index in [0.717, 1.165) is 10.0 Å². The molecule has 0 aliphatic rings. The van der Waals surface area contributed by atoms with Crippen LogP contribution in [0.15, 0.2) is 10.5 Å². The molecule has 0 saturated heterocycles. The van der Waals surface area contributed by atoms with Crippen LogP contribution in [0.5, 0.6) is 5.75 Å². The lowest BCUT2D eigenvalue weighted by Gasteiger charge is -2.11. The Hall–Kier alpha value is -1.08. The average molecular weight is 258 g/mol. The lowest BCUT2D eigenvalue weighted by Crippen LogP contribution is -1.98. The average Bonchev–Trinajstić information content (AvgIpc) is 2.14. The van der Waals surface area contributed by atoms with Crippen molar-refractivity contribution in [3.05, 3.63) is 27.5 Å². The molecule has 0 unspecified atom stereocenters. The summed E-state index contributed by atoms with van der Waals surface area (Å²) in [6.07, 6.45) is 0.127. The van der Waals surface area contributed by atoms with E-state index >= 15 is 0 Å². The van der Waals surface area contributed by atoms with Gasteiger partial charge in [0, 0.05) is 10.0 Å². The maximum Gasteiger partial charge on any atom is 0.165 e. The van der Waals surface area contributed by atoms with Gasteiger partial charge < -0.3 is 4.74 Å². The number of hydrogen-bond acceptors (Lipinski definition) is 2. The second kappa shape index (κ2) is 4.43. The van der Waals surface area contributed by atoms with Crippen LogP contribution in [0.1, 0.15) is 11.1 Å². The predicted octanol–water partition coefficient (Wildman–Crippen LogP) is 2.97. The number of ether oxygens (including phenoxy) is 1. The summed E-state index contributed by atoms with van der Waals surface area (Å²) >= 11 is 3.31. The maximum absolute atomic E-state index is 13.4. The van der Waals surface area contributed by atoms with Gasteiger partial charge in [-0.1, -0.05) is 15.9 Å². The van der Waals surface area contributed by atoms with Gasteiger partial charge in [-0.25, -0.2) is 4.39 Å². The molecule has 0 bridgehead atoms. The highest BCUT2D eigenvalue weighted by atomic mass is 79.9. The number of nitriles is 1. The van der Waals surface area contributed by atoms with Crippen LogP contribution < -0.4 is 4.74 Å². The van der Waals surface area contributed by atoms with Crippen molar-refractivity contribution in [2.24, 2.45) is 0 Å². The molecule has 0 saturated carbocycles. The van der Waals surface area contributed by atoms with Gasteiger partial charge in [0.15, 0.2) is 11.6 Å². The first kappa shape index (κ1) is 11.0. The second-order valence-corrected chi connectivity index (χ2v) is 3.63. The molecule has 0 amide bonds. The summed E-state index contributed by atoms with van der Waals surface area (Å²) in [5, 5.41) is 8.60. The molecule has 0 fully saturated rings. The molecule has 1 aromatic carbocycles. The van der Waals surface area contributed by atoms with Crippen molar-refractivity contribution in [1.82, 2.24) is 0 Å². The van der Waals surface area contributed by atoms with Gasteiger partial charge in [0.2, 0.25) is 0 Å². The summed E-state index contributed by atoms with van der Waals surface area (Å²) in [4.78, 5) is 0. The molecule has 0 aromatic heterocycles. The van der Waals surface area contributed by atoms with Crippen molar-refractivity contribution in [3.8, 4) is 11.8 Å².